The molecule has 10 aromatic heterocycles. The maximum atomic E-state index is 14.9. The Labute approximate surface area is 757 Å². The summed E-state index contributed by atoms with van der Waals surface area (Å²) in [5.41, 5.74) is 2.45. The molecule has 4 fully saturated rings. The van der Waals surface area contributed by atoms with Gasteiger partial charge in [-0.1, -0.05) is 23.2 Å². The average molecular weight is 1870 g/mol. The van der Waals surface area contributed by atoms with Crippen LogP contribution in [0.5, 0.6) is 0 Å². The molecule has 4 N–H and O–H groups in total. The van der Waals surface area contributed by atoms with E-state index in [0.29, 0.717) is 145 Å². The van der Waals surface area contributed by atoms with Crippen LogP contribution < -0.4 is 34.2 Å². The predicted octanol–water partition coefficient (Wildman–Crippen LogP) is 15.6. The van der Waals surface area contributed by atoms with Crippen molar-refractivity contribution in [2.75, 3.05) is 100.0 Å². The lowest BCUT2D eigenvalue weighted by molar-refractivity contribution is 0.0197. The maximum Gasteiger partial charge on any atom is 0.410 e. The smallest absolute Gasteiger partial charge is 0.410 e. The van der Waals surface area contributed by atoms with Crippen molar-refractivity contribution in [1.82, 2.24) is 79.4 Å². The highest BCUT2D eigenvalue weighted by atomic mass is 35.5. The Morgan fingerprint density at radius 2 is 0.760 bits per heavy atom. The Morgan fingerprint density at radius 3 is 1.10 bits per heavy atom. The summed E-state index contributed by atoms with van der Waals surface area (Å²) < 4.78 is 129. The maximum absolute atomic E-state index is 14.9. The van der Waals surface area contributed by atoms with E-state index >= 15 is 0 Å². The normalized spacial score (nSPS) is 15.3. The van der Waals surface area contributed by atoms with Crippen LogP contribution in [-0.4, -0.2) is 230 Å². The quantitative estimate of drug-likeness (QED) is 0.0486. The number of likely N-dealkylation sites (tertiary alicyclic amines) is 3. The molecule has 0 saturated carbocycles. The third-order valence-corrected chi connectivity index (χ3v) is 24.9. The molecular weight excluding hydrogens is 1760 g/mol. The van der Waals surface area contributed by atoms with Gasteiger partial charge in [0, 0.05) is 171 Å². The number of sulfonamides is 3. The molecule has 4 aliphatic rings. The van der Waals surface area contributed by atoms with Gasteiger partial charge in [-0.05, 0) is 212 Å². The molecular formula is C88H104Cl2F2N22O12S3. The molecule has 12 aromatic rings. The Morgan fingerprint density at radius 1 is 0.426 bits per heavy atom. The van der Waals surface area contributed by atoms with Gasteiger partial charge in [-0.3, -0.25) is 12.9 Å². The first-order valence-electron chi connectivity index (χ1n) is 41.9. The lowest BCUT2D eigenvalue weighted by Gasteiger charge is -2.38. The number of ether oxygens (including phenoxy) is 3. The number of anilines is 8. The Hall–Kier alpha value is -12.0. The minimum atomic E-state index is -3.69. The van der Waals surface area contributed by atoms with Gasteiger partial charge in [-0.2, -0.15) is 10.2 Å². The summed E-state index contributed by atoms with van der Waals surface area (Å²) in [6, 6.07) is 33.3. The van der Waals surface area contributed by atoms with E-state index in [1.54, 1.807) is 191 Å². The number of hydrogen-bond acceptors (Lipinski definition) is 26. The van der Waals surface area contributed by atoms with Crippen LogP contribution in [0.2, 0.25) is 10.3 Å². The molecule has 16 rings (SSSR count). The average Bonchev–Trinajstić information content (AvgIpc) is 1.66. The van der Waals surface area contributed by atoms with Crippen LogP contribution in [0.25, 0.3) is 55.0 Å². The number of carbonyl (C=O) groups excluding carboxylic acids is 3. The number of fused-ring (bicyclic) bond motifs is 4. The number of nitrogens with zero attached hydrogens (tertiary/aromatic N) is 18. The fraction of sp³-hybridized carbons (Fsp3) is 0.398. The van der Waals surface area contributed by atoms with Crippen molar-refractivity contribution in [3.8, 4) is 11.4 Å². The van der Waals surface area contributed by atoms with Gasteiger partial charge in [0.1, 0.15) is 73.7 Å². The lowest BCUT2D eigenvalue weighted by Crippen LogP contribution is -2.49. The van der Waals surface area contributed by atoms with E-state index in [9.17, 15) is 48.4 Å². The summed E-state index contributed by atoms with van der Waals surface area (Å²) >= 11 is 11.9. The molecule has 0 unspecified atom stereocenters. The first-order chi connectivity index (χ1) is 61.0. The van der Waals surface area contributed by atoms with Crippen molar-refractivity contribution in [2.24, 2.45) is 0 Å². The number of aromatic nitrogens is 12. The second kappa shape index (κ2) is 39.9. The predicted molar refractivity (Wildman–Crippen MR) is 496 cm³/mol. The molecule has 4 saturated heterocycles. The molecule has 0 spiro atoms. The van der Waals surface area contributed by atoms with Crippen LogP contribution in [-0.2, 0) is 44.3 Å². The molecule has 0 bridgehead atoms. The monoisotopic (exact) mass is 1860 g/mol. The van der Waals surface area contributed by atoms with Crippen molar-refractivity contribution in [1.29, 1.82) is 0 Å². The van der Waals surface area contributed by atoms with Gasteiger partial charge in [-0.25, -0.2) is 97.7 Å². The summed E-state index contributed by atoms with van der Waals surface area (Å²) in [6.45, 7) is 20.9. The minimum Gasteiger partial charge on any atom is -0.444 e. The van der Waals surface area contributed by atoms with E-state index < -0.39 is 64.6 Å². The molecule has 14 heterocycles. The Balaban J connectivity index is 0.000000149. The molecule has 129 heavy (non-hydrogen) atoms. The topological polar surface area (TPSA) is 388 Å². The summed E-state index contributed by atoms with van der Waals surface area (Å²) in [4.78, 5) is 77.0. The highest BCUT2D eigenvalue weighted by Gasteiger charge is 2.38. The van der Waals surface area contributed by atoms with Crippen molar-refractivity contribution in [2.45, 2.75) is 155 Å². The van der Waals surface area contributed by atoms with E-state index in [2.05, 4.69) is 71.3 Å². The number of amides is 3. The van der Waals surface area contributed by atoms with Crippen LogP contribution in [0, 0.1) is 11.6 Å². The standard InChI is InChI=1S/C28H32FN7O4S.C23H24FN7O2S.C19H25ClN4O4S.C18H23ClN4O2/c1-28(2,3)40-27(37)34-14-10-20(11-15-34)36(41(4,38)39)26-9-6-19-18-30-25(17-24(19)33-26)32-23-8-7-21(16-22(23)29)35-13-5-12-31-35;1-34(32,33)31(17-7-10-25-11-8-17)23-6-3-16-15-26-22(14-21(16)29-23)28-20-5-4-18(13-19(20)24)30-12-2-9-27-30;1-19(2,3)28-18(25)23-9-7-14(8-10-23)24(29(4,26)27)17-6-5-13-12-21-16(20)11-15(13)22-17;1-18(2,3)25-17(24)23-8-6-13(7-9-23)21-16-5-4-12-11-20-15(19)10-14(12)22-16/h5-9,12-13,16-18,20H,10-11,14-15H2,1-4H3,(H,30,32);2-6,9,12-15,17,25H,7-8,10-11H2,1H3,(H,26,28);5-6,11-12,14H,7-10H2,1-4H3;4-5,10-11,13H,6-9H2,1-3H3,(H,21,22). The van der Waals surface area contributed by atoms with Gasteiger partial charge in [0.05, 0.1) is 63.6 Å². The second-order valence-electron chi connectivity index (χ2n) is 34.5. The van der Waals surface area contributed by atoms with E-state index in [1.807, 2.05) is 53.7 Å². The van der Waals surface area contributed by atoms with Gasteiger partial charge < -0.3 is 50.2 Å². The first-order valence-corrected chi connectivity index (χ1v) is 48.2. The van der Waals surface area contributed by atoms with Crippen LogP contribution >= 0.6 is 23.2 Å². The van der Waals surface area contributed by atoms with Crippen LogP contribution in [0.3, 0.4) is 0 Å². The van der Waals surface area contributed by atoms with Crippen molar-refractivity contribution in [3.05, 3.63) is 193 Å². The SMILES string of the molecule is CC(C)(C)OC(=O)N1CCC(N(c2ccc3cnc(Cl)cc3n2)S(C)(=O)=O)CC1.CC(C)(C)OC(=O)N1CCC(N(c2ccc3cnc(Nc4ccc(-n5cccn5)cc4F)cc3n2)S(C)(=O)=O)CC1.CC(C)(C)OC(=O)N1CCC(Nc2ccc3cnc(Cl)cc3n2)CC1.CS(=O)(=O)N(c1ccc2cnc(Nc3ccc(-n4cccn4)cc3F)cc2n1)C1CCNCC1. The molecule has 0 aliphatic carbocycles. The Bertz CT molecular complexity index is 6370. The summed E-state index contributed by atoms with van der Waals surface area (Å²) in [7, 11) is -10.8. The number of halogens is 4. The fourth-order valence-electron chi connectivity index (χ4n) is 15.1. The summed E-state index contributed by atoms with van der Waals surface area (Å²) in [5.74, 6) is 1.59. The van der Waals surface area contributed by atoms with E-state index in [4.69, 9.17) is 37.4 Å². The van der Waals surface area contributed by atoms with Gasteiger partial charge >= 0.3 is 18.3 Å². The zero-order chi connectivity index (χ0) is 92.5. The summed E-state index contributed by atoms with van der Waals surface area (Å²) in [5, 5.41) is 24.8. The van der Waals surface area contributed by atoms with Crippen molar-refractivity contribution in [3.63, 3.8) is 0 Å². The Kier molecular flexibility index (Phi) is 29.3. The van der Waals surface area contributed by atoms with Gasteiger partial charge in [0.2, 0.25) is 30.1 Å². The van der Waals surface area contributed by atoms with Crippen LogP contribution in [0.4, 0.5) is 69.4 Å². The molecule has 0 atom stereocenters. The number of carbonyl (C=O) groups is 3. The molecule has 3 amide bonds. The zero-order valence-corrected chi connectivity index (χ0v) is 77.4. The van der Waals surface area contributed by atoms with E-state index in [1.165, 1.54) is 37.6 Å². The number of benzene rings is 2. The number of pyridine rings is 8. The van der Waals surface area contributed by atoms with Crippen LogP contribution in [0.15, 0.2) is 171 Å². The number of piperidine rings is 4. The van der Waals surface area contributed by atoms with E-state index in [-0.39, 0.29) is 53.5 Å². The number of nitrogens with one attached hydrogen (secondary N) is 4. The van der Waals surface area contributed by atoms with E-state index in [0.717, 1.165) is 59.7 Å². The minimum absolute atomic E-state index is 0.150. The molecule has 4 aliphatic heterocycles. The van der Waals surface area contributed by atoms with Crippen LogP contribution in [0.1, 0.15) is 114 Å². The first kappa shape index (κ1) is 94.6. The highest BCUT2D eigenvalue weighted by Crippen LogP contribution is 2.35. The second-order valence-corrected chi connectivity index (χ2v) is 40.9. The zero-order valence-electron chi connectivity index (χ0n) is 73.5. The lowest BCUT2D eigenvalue weighted by atomic mass is 10.1. The van der Waals surface area contributed by atoms with Gasteiger partial charge in [-0.15, -0.1) is 0 Å². The molecule has 0 radical (unpaired) electrons. The van der Waals surface area contributed by atoms with Gasteiger partial charge in [0.25, 0.3) is 0 Å². The molecule has 34 nitrogen and oxygen atoms in total. The third kappa shape index (κ3) is 25.5. The highest BCUT2D eigenvalue weighted by molar-refractivity contribution is 7.92. The molecule has 41 heteroatoms. The molecule has 2 aromatic carbocycles. The third-order valence-electron chi connectivity index (χ3n) is 20.9. The van der Waals surface area contributed by atoms with Crippen molar-refractivity contribution < 1.29 is 62.6 Å². The summed E-state index contributed by atoms with van der Waals surface area (Å²) in [6.07, 6.45) is 20.7. The van der Waals surface area contributed by atoms with Crippen molar-refractivity contribution >= 4 is 161 Å². The molecule has 684 valence electrons. The number of hydrogen-bond donors (Lipinski definition) is 4. The number of rotatable bonds is 17. The van der Waals surface area contributed by atoms with Gasteiger partial charge in [0.15, 0.2) is 0 Å². The fourth-order valence-corrected chi connectivity index (χ4v) is 19.0. The largest absolute Gasteiger partial charge is 0.444 e.